The summed E-state index contributed by atoms with van der Waals surface area (Å²) < 4.78 is 10.6. The first-order valence-corrected chi connectivity index (χ1v) is 12.0. The van der Waals surface area contributed by atoms with Crippen LogP contribution in [0.5, 0.6) is 0 Å². The molecule has 192 valence electrons. The number of oxazole rings is 1. The number of halogens is 1. The minimum Gasteiger partial charge on any atom is -0.465 e. The van der Waals surface area contributed by atoms with E-state index in [2.05, 4.69) is 25.9 Å². The molecule has 3 heterocycles. The molecule has 2 aromatic heterocycles. The Morgan fingerprint density at radius 2 is 1.92 bits per heavy atom. The molecule has 1 aliphatic heterocycles. The Labute approximate surface area is 222 Å². The monoisotopic (exact) mass is 530 g/mol. The number of rotatable bonds is 5. The average molecular weight is 531 g/mol. The van der Waals surface area contributed by atoms with Gasteiger partial charge in [-0.1, -0.05) is 35.9 Å². The predicted molar refractivity (Wildman–Crippen MR) is 144 cm³/mol. The Hall–Kier alpha value is -4.70. The predicted octanol–water partition coefficient (Wildman–Crippen LogP) is 5.00. The van der Waals surface area contributed by atoms with Gasteiger partial charge in [-0.15, -0.1) is 0 Å². The van der Waals surface area contributed by atoms with E-state index in [1.807, 2.05) is 31.2 Å². The summed E-state index contributed by atoms with van der Waals surface area (Å²) in [5.41, 5.74) is 4.12. The summed E-state index contributed by atoms with van der Waals surface area (Å²) >= 11 is 6.52. The van der Waals surface area contributed by atoms with E-state index in [1.54, 1.807) is 25.1 Å². The molecular formula is C27H23ClN6O4. The van der Waals surface area contributed by atoms with Crippen molar-refractivity contribution in [1.29, 1.82) is 0 Å². The quantitative estimate of drug-likeness (QED) is 0.307. The van der Waals surface area contributed by atoms with E-state index in [0.29, 0.717) is 38.9 Å². The first-order valence-electron chi connectivity index (χ1n) is 11.6. The maximum absolute atomic E-state index is 13.5. The molecule has 0 saturated heterocycles. The highest BCUT2D eigenvalue weighted by Gasteiger charge is 2.31. The van der Waals surface area contributed by atoms with Crippen molar-refractivity contribution in [2.75, 3.05) is 17.7 Å². The van der Waals surface area contributed by atoms with Crippen LogP contribution in [0.25, 0.3) is 11.1 Å². The van der Waals surface area contributed by atoms with Crippen LogP contribution in [0.3, 0.4) is 0 Å². The number of esters is 1. The molecule has 0 bridgehead atoms. The minimum atomic E-state index is -0.761. The lowest BCUT2D eigenvalue weighted by atomic mass is 9.95. The van der Waals surface area contributed by atoms with Gasteiger partial charge in [0.1, 0.15) is 17.4 Å². The van der Waals surface area contributed by atoms with Gasteiger partial charge in [0.05, 0.1) is 18.2 Å². The molecule has 3 N–H and O–H groups in total. The molecule has 10 nitrogen and oxygen atoms in total. The number of aliphatic imine (C=N–C) groups is 1. The fourth-order valence-electron chi connectivity index (χ4n) is 4.07. The van der Waals surface area contributed by atoms with E-state index in [-0.39, 0.29) is 17.4 Å². The van der Waals surface area contributed by atoms with Crippen molar-refractivity contribution in [1.82, 2.24) is 15.3 Å². The summed E-state index contributed by atoms with van der Waals surface area (Å²) in [6, 6.07) is 15.3. The van der Waals surface area contributed by atoms with Gasteiger partial charge in [-0.05, 0) is 49.7 Å². The van der Waals surface area contributed by atoms with Crippen molar-refractivity contribution >= 4 is 52.4 Å². The number of guanidine groups is 1. The van der Waals surface area contributed by atoms with E-state index in [9.17, 15) is 9.59 Å². The zero-order chi connectivity index (χ0) is 26.8. The Bertz CT molecular complexity index is 1630. The number of aromatic nitrogens is 2. The van der Waals surface area contributed by atoms with E-state index < -0.39 is 17.9 Å². The number of methoxy groups -OCH3 is 1. The summed E-state index contributed by atoms with van der Waals surface area (Å²) in [7, 11) is 1.28. The third kappa shape index (κ3) is 5.07. The number of allylic oxidation sites excluding steroid dienone is 1. The van der Waals surface area contributed by atoms with Gasteiger partial charge in [0.25, 0.3) is 5.91 Å². The topological polar surface area (TPSA) is 131 Å². The Balaban J connectivity index is 1.47. The highest BCUT2D eigenvalue weighted by molar-refractivity contribution is 6.31. The van der Waals surface area contributed by atoms with Crippen LogP contribution < -0.4 is 16.0 Å². The zero-order valence-corrected chi connectivity index (χ0v) is 21.5. The second-order valence-electron chi connectivity index (χ2n) is 8.56. The van der Waals surface area contributed by atoms with Crippen molar-refractivity contribution in [3.05, 3.63) is 93.8 Å². The van der Waals surface area contributed by atoms with Crippen molar-refractivity contribution in [3.8, 4) is 0 Å². The van der Waals surface area contributed by atoms with E-state index in [0.717, 1.165) is 5.56 Å². The molecule has 2 aromatic carbocycles. The van der Waals surface area contributed by atoms with Crippen LogP contribution in [-0.2, 0) is 9.53 Å². The van der Waals surface area contributed by atoms with Crippen molar-refractivity contribution < 1.29 is 18.7 Å². The Kier molecular flexibility index (Phi) is 6.80. The number of carbonyl (C=O) groups is 2. The van der Waals surface area contributed by atoms with Crippen LogP contribution in [0.1, 0.15) is 34.5 Å². The number of pyridine rings is 1. The smallest absolute Gasteiger partial charge is 0.338 e. The minimum absolute atomic E-state index is 0.186. The highest BCUT2D eigenvalue weighted by atomic mass is 35.5. The van der Waals surface area contributed by atoms with Gasteiger partial charge in [-0.3, -0.25) is 10.1 Å². The molecule has 4 aromatic rings. The lowest BCUT2D eigenvalue weighted by molar-refractivity contribution is -0.113. The summed E-state index contributed by atoms with van der Waals surface area (Å²) in [4.78, 5) is 38.8. The lowest BCUT2D eigenvalue weighted by Gasteiger charge is -2.26. The lowest BCUT2D eigenvalue weighted by Crippen LogP contribution is -2.37. The maximum atomic E-state index is 13.5. The highest BCUT2D eigenvalue weighted by Crippen LogP contribution is 2.35. The van der Waals surface area contributed by atoms with Gasteiger partial charge in [-0.25, -0.2) is 14.8 Å². The average Bonchev–Trinajstić information content (AvgIpc) is 3.29. The van der Waals surface area contributed by atoms with Crippen LogP contribution in [0.15, 0.2) is 81.5 Å². The molecule has 1 unspecified atom stereocenters. The summed E-state index contributed by atoms with van der Waals surface area (Å²) in [5, 5.41) is 9.38. The molecule has 0 spiro atoms. The molecule has 11 heteroatoms. The Morgan fingerprint density at radius 3 is 2.71 bits per heavy atom. The van der Waals surface area contributed by atoms with Crippen LogP contribution in [0.2, 0.25) is 5.02 Å². The van der Waals surface area contributed by atoms with E-state index >= 15 is 0 Å². The molecular weight excluding hydrogens is 508 g/mol. The van der Waals surface area contributed by atoms with Crippen LogP contribution in [0.4, 0.5) is 11.8 Å². The molecule has 1 amide bonds. The summed E-state index contributed by atoms with van der Waals surface area (Å²) in [6.45, 7) is 3.72. The number of fused-ring (bicyclic) bond motifs is 1. The third-order valence-corrected chi connectivity index (χ3v) is 6.22. The summed E-state index contributed by atoms with van der Waals surface area (Å²) in [6.07, 6.45) is 1.41. The van der Waals surface area contributed by atoms with Crippen molar-refractivity contribution in [2.24, 2.45) is 4.99 Å². The third-order valence-electron chi connectivity index (χ3n) is 5.88. The molecule has 0 radical (unpaired) electrons. The van der Waals surface area contributed by atoms with Gasteiger partial charge in [0.2, 0.25) is 5.96 Å². The first kappa shape index (κ1) is 25.0. The van der Waals surface area contributed by atoms with Crippen molar-refractivity contribution in [3.63, 3.8) is 0 Å². The van der Waals surface area contributed by atoms with Gasteiger partial charge in [-0.2, -0.15) is 4.98 Å². The molecule has 0 saturated carbocycles. The number of nitrogens with zero attached hydrogens (tertiary/aromatic N) is 3. The number of hydrogen-bond donors (Lipinski definition) is 3. The molecule has 0 fully saturated rings. The second kappa shape index (κ2) is 10.3. The number of benzene rings is 2. The first-order chi connectivity index (χ1) is 18.3. The van der Waals surface area contributed by atoms with Crippen LogP contribution in [-0.4, -0.2) is 34.9 Å². The number of anilines is 2. The fourth-order valence-corrected chi connectivity index (χ4v) is 4.31. The molecule has 38 heavy (non-hydrogen) atoms. The molecule has 5 rings (SSSR count). The van der Waals surface area contributed by atoms with E-state index in [4.69, 9.17) is 25.7 Å². The van der Waals surface area contributed by atoms with Crippen LogP contribution >= 0.6 is 11.6 Å². The van der Waals surface area contributed by atoms with E-state index in [1.165, 1.54) is 25.4 Å². The number of nitrogens with one attached hydrogen (secondary N) is 3. The van der Waals surface area contributed by atoms with Gasteiger partial charge in [0.15, 0.2) is 5.58 Å². The number of amides is 1. The fraction of sp³-hybridized carbons (Fsp3) is 0.148. The molecule has 1 aliphatic rings. The molecule has 0 aliphatic carbocycles. The van der Waals surface area contributed by atoms with Gasteiger partial charge < -0.3 is 19.8 Å². The number of ether oxygens (including phenoxy) is 1. The normalized spacial score (nSPS) is 15.1. The number of hydrogen-bond acceptors (Lipinski definition) is 9. The largest absolute Gasteiger partial charge is 0.465 e. The number of aryl methyl sites for hydroxylation is 1. The van der Waals surface area contributed by atoms with Crippen molar-refractivity contribution in [2.45, 2.75) is 19.9 Å². The molecule has 1 atom stereocenters. The standard InChI is InChI=1S/C27H23ClN6O4/c1-14-8-9-19-20(12-14)38-27(31-19)34-26-30-15(2)22(23(33-26)17-6-4-5-7-18(17)28)24(35)32-21-13-16(10-11-29-21)25(36)37-3/h4-13,23H,1-3H3,(H,29,32,35)(H2,30,31,33,34). The second-order valence-corrected chi connectivity index (χ2v) is 8.96. The van der Waals surface area contributed by atoms with Gasteiger partial charge in [0, 0.05) is 22.5 Å². The Morgan fingerprint density at radius 1 is 1.11 bits per heavy atom. The summed E-state index contributed by atoms with van der Waals surface area (Å²) in [5.74, 6) is -0.486. The van der Waals surface area contributed by atoms with Crippen LogP contribution in [0, 0.1) is 6.92 Å². The van der Waals surface area contributed by atoms with Gasteiger partial charge >= 0.3 is 12.0 Å². The maximum Gasteiger partial charge on any atom is 0.338 e. The zero-order valence-electron chi connectivity index (χ0n) is 20.7. The SMILES string of the molecule is COC(=O)c1ccnc(NC(=O)C2=C(C)NC(Nc3nc4ccc(C)cc4o3)=NC2c2ccccc2Cl)c1. The number of carbonyl (C=O) groups excluding carboxylic acids is 2.